The molecule has 0 bridgehead atoms. The highest BCUT2D eigenvalue weighted by Crippen LogP contribution is 2.21. The van der Waals surface area contributed by atoms with E-state index in [0.717, 1.165) is 13.0 Å². The first-order valence-corrected chi connectivity index (χ1v) is 7.02. The Kier molecular flexibility index (Phi) is 5.90. The van der Waals surface area contributed by atoms with Crippen molar-refractivity contribution in [2.75, 3.05) is 25.6 Å². The molecule has 2 unspecified atom stereocenters. The zero-order chi connectivity index (χ0) is 10.4. The van der Waals surface area contributed by atoms with Crippen LogP contribution in [-0.4, -0.2) is 47.8 Å². The van der Waals surface area contributed by atoms with Crippen molar-refractivity contribution >= 4 is 11.8 Å². The van der Waals surface area contributed by atoms with Gasteiger partial charge in [0.05, 0.1) is 6.10 Å². The van der Waals surface area contributed by atoms with Gasteiger partial charge in [-0.05, 0) is 26.1 Å². The SMILES string of the molecule is CSCCN(C)C1CCCCCC1O. The fourth-order valence-electron chi connectivity index (χ4n) is 2.18. The Morgan fingerprint density at radius 3 is 2.71 bits per heavy atom. The van der Waals surface area contributed by atoms with Crippen molar-refractivity contribution in [2.45, 2.75) is 44.2 Å². The van der Waals surface area contributed by atoms with Crippen molar-refractivity contribution in [1.29, 1.82) is 0 Å². The number of hydrogen-bond acceptors (Lipinski definition) is 3. The molecule has 1 aliphatic rings. The molecule has 1 aliphatic carbocycles. The molecular formula is C11H23NOS. The highest BCUT2D eigenvalue weighted by atomic mass is 32.2. The molecule has 1 rings (SSSR count). The summed E-state index contributed by atoms with van der Waals surface area (Å²) < 4.78 is 0. The predicted octanol–water partition coefficient (Wildman–Crippen LogP) is 1.97. The Labute approximate surface area is 92.1 Å². The molecule has 0 spiro atoms. The number of likely N-dealkylation sites (N-methyl/N-ethyl adjacent to an activating group) is 1. The third-order valence-electron chi connectivity index (χ3n) is 3.16. The molecule has 1 fully saturated rings. The minimum Gasteiger partial charge on any atom is -0.391 e. The minimum absolute atomic E-state index is 0.0932. The van der Waals surface area contributed by atoms with Gasteiger partial charge in [0.1, 0.15) is 0 Å². The van der Waals surface area contributed by atoms with Gasteiger partial charge in [-0.3, -0.25) is 0 Å². The quantitative estimate of drug-likeness (QED) is 0.728. The minimum atomic E-state index is -0.0932. The summed E-state index contributed by atoms with van der Waals surface area (Å²) in [7, 11) is 2.15. The maximum atomic E-state index is 9.97. The van der Waals surface area contributed by atoms with Gasteiger partial charge in [-0.15, -0.1) is 0 Å². The van der Waals surface area contributed by atoms with Crippen LogP contribution in [0.1, 0.15) is 32.1 Å². The number of thioether (sulfide) groups is 1. The highest BCUT2D eigenvalue weighted by molar-refractivity contribution is 7.98. The van der Waals surface area contributed by atoms with Crippen LogP contribution in [0.25, 0.3) is 0 Å². The number of aliphatic hydroxyl groups excluding tert-OH is 1. The topological polar surface area (TPSA) is 23.5 Å². The van der Waals surface area contributed by atoms with Crippen LogP contribution in [0.4, 0.5) is 0 Å². The van der Waals surface area contributed by atoms with E-state index in [2.05, 4.69) is 18.2 Å². The molecule has 0 aliphatic heterocycles. The van der Waals surface area contributed by atoms with Gasteiger partial charge in [-0.2, -0.15) is 11.8 Å². The molecule has 3 heteroatoms. The second-order valence-corrected chi connectivity index (χ2v) is 5.23. The summed E-state index contributed by atoms with van der Waals surface area (Å²) >= 11 is 1.88. The van der Waals surface area contributed by atoms with Crippen molar-refractivity contribution < 1.29 is 5.11 Å². The summed E-state index contributed by atoms with van der Waals surface area (Å²) in [5.74, 6) is 1.17. The lowest BCUT2D eigenvalue weighted by Crippen LogP contribution is -2.41. The van der Waals surface area contributed by atoms with Crippen molar-refractivity contribution in [3.05, 3.63) is 0 Å². The van der Waals surface area contributed by atoms with E-state index < -0.39 is 0 Å². The molecule has 0 aromatic carbocycles. The molecule has 2 atom stereocenters. The molecule has 0 radical (unpaired) electrons. The maximum Gasteiger partial charge on any atom is 0.0695 e. The summed E-state index contributed by atoms with van der Waals surface area (Å²) in [6.45, 7) is 1.10. The van der Waals surface area contributed by atoms with Gasteiger partial charge >= 0.3 is 0 Å². The molecular weight excluding hydrogens is 194 g/mol. The lowest BCUT2D eigenvalue weighted by molar-refractivity contribution is 0.0613. The number of nitrogens with zero attached hydrogens (tertiary/aromatic N) is 1. The van der Waals surface area contributed by atoms with Crippen LogP contribution < -0.4 is 0 Å². The Morgan fingerprint density at radius 2 is 2.00 bits per heavy atom. The van der Waals surface area contributed by atoms with Gasteiger partial charge in [-0.25, -0.2) is 0 Å². The van der Waals surface area contributed by atoms with Crippen LogP contribution in [-0.2, 0) is 0 Å². The van der Waals surface area contributed by atoms with Gasteiger partial charge in [-0.1, -0.05) is 19.3 Å². The van der Waals surface area contributed by atoms with Gasteiger partial charge < -0.3 is 10.0 Å². The smallest absolute Gasteiger partial charge is 0.0695 e. The Bertz CT molecular complexity index is 154. The van der Waals surface area contributed by atoms with E-state index in [0.29, 0.717) is 6.04 Å². The molecule has 1 N–H and O–H groups in total. The van der Waals surface area contributed by atoms with E-state index in [1.807, 2.05) is 11.8 Å². The predicted molar refractivity (Wildman–Crippen MR) is 63.9 cm³/mol. The molecule has 0 aromatic heterocycles. The largest absolute Gasteiger partial charge is 0.391 e. The fraction of sp³-hybridized carbons (Fsp3) is 1.00. The van der Waals surface area contributed by atoms with E-state index in [9.17, 15) is 5.11 Å². The van der Waals surface area contributed by atoms with Crippen LogP contribution >= 0.6 is 11.8 Å². The van der Waals surface area contributed by atoms with E-state index in [1.54, 1.807) is 0 Å². The van der Waals surface area contributed by atoms with Gasteiger partial charge in [0.2, 0.25) is 0 Å². The standard InChI is InChI=1S/C11H23NOS/c1-12(8-9-14-2)10-6-4-3-5-7-11(10)13/h10-11,13H,3-9H2,1-2H3. The van der Waals surface area contributed by atoms with E-state index in [-0.39, 0.29) is 6.10 Å². The molecule has 2 nitrogen and oxygen atoms in total. The summed E-state index contributed by atoms with van der Waals surface area (Å²) in [6.07, 6.45) is 7.99. The molecule has 84 valence electrons. The Hall–Kier alpha value is 0.270. The molecule has 1 saturated carbocycles. The number of aliphatic hydroxyl groups is 1. The summed E-state index contributed by atoms with van der Waals surface area (Å²) in [6, 6.07) is 0.407. The van der Waals surface area contributed by atoms with Crippen LogP contribution in [0, 0.1) is 0 Å². The van der Waals surface area contributed by atoms with Crippen molar-refractivity contribution in [3.63, 3.8) is 0 Å². The monoisotopic (exact) mass is 217 g/mol. The maximum absolute atomic E-state index is 9.97. The van der Waals surface area contributed by atoms with E-state index in [4.69, 9.17) is 0 Å². The van der Waals surface area contributed by atoms with Crippen LogP contribution in [0.5, 0.6) is 0 Å². The summed E-state index contributed by atoms with van der Waals surface area (Å²) in [5.41, 5.74) is 0. The van der Waals surface area contributed by atoms with Gasteiger partial charge in [0.25, 0.3) is 0 Å². The fourth-order valence-corrected chi connectivity index (χ4v) is 2.65. The van der Waals surface area contributed by atoms with Crippen LogP contribution in [0.2, 0.25) is 0 Å². The molecule has 0 aromatic rings. The van der Waals surface area contributed by atoms with Crippen molar-refractivity contribution in [3.8, 4) is 0 Å². The third kappa shape index (κ3) is 3.79. The van der Waals surface area contributed by atoms with Crippen molar-refractivity contribution in [1.82, 2.24) is 4.90 Å². The number of hydrogen-bond donors (Lipinski definition) is 1. The first kappa shape index (κ1) is 12.3. The van der Waals surface area contributed by atoms with Crippen molar-refractivity contribution in [2.24, 2.45) is 0 Å². The summed E-state index contributed by atoms with van der Waals surface area (Å²) in [4.78, 5) is 2.34. The van der Waals surface area contributed by atoms with E-state index in [1.165, 1.54) is 31.4 Å². The summed E-state index contributed by atoms with van der Waals surface area (Å²) in [5, 5.41) is 9.97. The molecule has 14 heavy (non-hydrogen) atoms. The second-order valence-electron chi connectivity index (χ2n) is 4.25. The first-order chi connectivity index (χ1) is 6.75. The third-order valence-corrected chi connectivity index (χ3v) is 3.75. The van der Waals surface area contributed by atoms with Gasteiger partial charge in [0, 0.05) is 18.3 Å². The first-order valence-electron chi connectivity index (χ1n) is 5.63. The average Bonchev–Trinajstić information content (AvgIpc) is 2.39. The van der Waals surface area contributed by atoms with Crippen LogP contribution in [0.15, 0.2) is 0 Å². The zero-order valence-corrected chi connectivity index (χ0v) is 10.2. The number of rotatable bonds is 4. The lowest BCUT2D eigenvalue weighted by atomic mass is 10.1. The Morgan fingerprint density at radius 1 is 1.29 bits per heavy atom. The van der Waals surface area contributed by atoms with Gasteiger partial charge in [0.15, 0.2) is 0 Å². The Balaban J connectivity index is 2.37. The lowest BCUT2D eigenvalue weighted by Gasteiger charge is -2.30. The zero-order valence-electron chi connectivity index (χ0n) is 9.41. The molecule has 0 amide bonds. The molecule has 0 saturated heterocycles. The van der Waals surface area contributed by atoms with Crippen LogP contribution in [0.3, 0.4) is 0 Å². The molecule has 0 heterocycles. The normalized spacial score (nSPS) is 29.1. The average molecular weight is 217 g/mol. The highest BCUT2D eigenvalue weighted by Gasteiger charge is 2.24. The van der Waals surface area contributed by atoms with E-state index >= 15 is 0 Å². The second kappa shape index (κ2) is 6.70.